The smallest absolute Gasteiger partial charge is 0.128 e. The van der Waals surface area contributed by atoms with Crippen LogP contribution >= 0.6 is 0 Å². The van der Waals surface area contributed by atoms with Gasteiger partial charge in [-0.3, -0.25) is 0 Å². The molecule has 15 heavy (non-hydrogen) atoms. The topological polar surface area (TPSA) is 48.4 Å². The van der Waals surface area contributed by atoms with Gasteiger partial charge in [-0.15, -0.1) is 0 Å². The van der Waals surface area contributed by atoms with E-state index in [1.165, 1.54) is 0 Å². The van der Waals surface area contributed by atoms with Crippen molar-refractivity contribution in [3.05, 3.63) is 23.9 Å². The van der Waals surface area contributed by atoms with Gasteiger partial charge in [0.05, 0.1) is 12.1 Å². The van der Waals surface area contributed by atoms with Crippen molar-refractivity contribution in [1.29, 1.82) is 0 Å². The molecule has 1 aliphatic heterocycles. The highest BCUT2D eigenvalue weighted by atomic mass is 16.3. The van der Waals surface area contributed by atoms with Crippen LogP contribution in [0.25, 0.3) is 0 Å². The highest BCUT2D eigenvalue weighted by Gasteiger charge is 2.30. The summed E-state index contributed by atoms with van der Waals surface area (Å²) in [5.74, 6) is 0.942. The lowest BCUT2D eigenvalue weighted by Crippen LogP contribution is -2.36. The van der Waals surface area contributed by atoms with Crippen molar-refractivity contribution >= 4 is 5.82 Å². The zero-order valence-corrected chi connectivity index (χ0v) is 9.14. The molecule has 2 N–H and O–H groups in total. The molecule has 0 amide bonds. The van der Waals surface area contributed by atoms with Crippen molar-refractivity contribution in [3.8, 4) is 0 Å². The van der Waals surface area contributed by atoms with Crippen LogP contribution < -0.4 is 10.2 Å². The number of nitrogens with zero attached hydrogens (tertiary/aromatic N) is 2. The first-order valence-corrected chi connectivity index (χ1v) is 5.23. The molecule has 2 unspecified atom stereocenters. The van der Waals surface area contributed by atoms with Gasteiger partial charge in [0.2, 0.25) is 0 Å². The summed E-state index contributed by atoms with van der Waals surface area (Å²) in [5.41, 5.74) is 1.16. The van der Waals surface area contributed by atoms with Crippen LogP contribution in [0, 0.1) is 6.92 Å². The molecule has 4 heteroatoms. The van der Waals surface area contributed by atoms with E-state index in [9.17, 15) is 5.11 Å². The molecule has 0 saturated carbocycles. The molecule has 0 aliphatic carbocycles. The van der Waals surface area contributed by atoms with Gasteiger partial charge in [0.25, 0.3) is 0 Å². The zero-order valence-electron chi connectivity index (χ0n) is 9.14. The number of aliphatic hydroxyl groups is 1. The number of pyridine rings is 1. The van der Waals surface area contributed by atoms with E-state index >= 15 is 0 Å². The number of hydrogen-bond donors (Lipinski definition) is 2. The minimum absolute atomic E-state index is 0.146. The fourth-order valence-corrected chi connectivity index (χ4v) is 1.90. The molecule has 2 rings (SSSR count). The van der Waals surface area contributed by atoms with E-state index < -0.39 is 0 Å². The van der Waals surface area contributed by atoms with Gasteiger partial charge >= 0.3 is 0 Å². The molecule has 0 bridgehead atoms. The average Bonchev–Trinajstić information content (AvgIpc) is 2.61. The van der Waals surface area contributed by atoms with E-state index in [0.29, 0.717) is 6.54 Å². The number of aliphatic hydroxyl groups excluding tert-OH is 1. The average molecular weight is 207 g/mol. The van der Waals surface area contributed by atoms with E-state index in [4.69, 9.17) is 0 Å². The van der Waals surface area contributed by atoms with Crippen molar-refractivity contribution in [2.24, 2.45) is 0 Å². The van der Waals surface area contributed by atoms with Crippen molar-refractivity contribution in [1.82, 2.24) is 10.3 Å². The van der Waals surface area contributed by atoms with Gasteiger partial charge in [-0.05, 0) is 25.6 Å². The van der Waals surface area contributed by atoms with Crippen LogP contribution in [-0.2, 0) is 0 Å². The summed E-state index contributed by atoms with van der Waals surface area (Å²) in [4.78, 5) is 6.45. The van der Waals surface area contributed by atoms with Crippen molar-refractivity contribution < 1.29 is 5.11 Å². The Morgan fingerprint density at radius 1 is 1.47 bits per heavy atom. The first-order valence-electron chi connectivity index (χ1n) is 5.23. The monoisotopic (exact) mass is 207 g/mol. The fraction of sp³-hybridized carbons (Fsp3) is 0.545. The summed E-state index contributed by atoms with van der Waals surface area (Å²) in [6, 6.07) is 4.19. The van der Waals surface area contributed by atoms with E-state index in [0.717, 1.165) is 17.9 Å². The minimum atomic E-state index is -0.307. The Hall–Kier alpha value is -1.13. The molecule has 0 aromatic carbocycles. The summed E-state index contributed by atoms with van der Waals surface area (Å²) in [6.07, 6.45) is 1.55. The predicted molar refractivity (Wildman–Crippen MR) is 60.0 cm³/mol. The summed E-state index contributed by atoms with van der Waals surface area (Å²) < 4.78 is 0. The second-order valence-corrected chi connectivity index (χ2v) is 4.06. The standard InChI is InChI=1S/C11H17N3O/c1-8-3-4-11(13-5-8)14-6-9(12-2)10(15)7-14/h3-5,9-10,12,15H,6-7H2,1-2H3. The van der Waals surface area contributed by atoms with E-state index in [1.54, 1.807) is 0 Å². The van der Waals surface area contributed by atoms with Gasteiger partial charge in [0, 0.05) is 19.3 Å². The van der Waals surface area contributed by atoms with Gasteiger partial charge in [0.15, 0.2) is 0 Å². The van der Waals surface area contributed by atoms with Crippen LogP contribution in [0.1, 0.15) is 5.56 Å². The van der Waals surface area contributed by atoms with Crippen LogP contribution in [0.5, 0.6) is 0 Å². The third-order valence-corrected chi connectivity index (χ3v) is 2.88. The normalized spacial score (nSPS) is 25.9. The van der Waals surface area contributed by atoms with E-state index in [1.807, 2.05) is 32.3 Å². The predicted octanol–water partition coefficient (Wildman–Crippen LogP) is 0.159. The molecular weight excluding hydrogens is 190 g/mol. The van der Waals surface area contributed by atoms with E-state index in [2.05, 4.69) is 15.2 Å². The van der Waals surface area contributed by atoms with E-state index in [-0.39, 0.29) is 12.1 Å². The Kier molecular flexibility index (Phi) is 2.88. The second kappa shape index (κ2) is 4.16. The number of rotatable bonds is 2. The number of aromatic nitrogens is 1. The maximum Gasteiger partial charge on any atom is 0.128 e. The van der Waals surface area contributed by atoms with Crippen molar-refractivity contribution in [3.63, 3.8) is 0 Å². The fourth-order valence-electron chi connectivity index (χ4n) is 1.90. The first kappa shape index (κ1) is 10.4. The van der Waals surface area contributed by atoms with Gasteiger partial charge < -0.3 is 15.3 Å². The number of nitrogens with one attached hydrogen (secondary N) is 1. The van der Waals surface area contributed by atoms with Crippen LogP contribution in [-0.4, -0.2) is 42.4 Å². The molecule has 1 aromatic rings. The molecule has 1 fully saturated rings. The summed E-state index contributed by atoms with van der Waals surface area (Å²) >= 11 is 0. The second-order valence-electron chi connectivity index (χ2n) is 4.06. The largest absolute Gasteiger partial charge is 0.390 e. The van der Waals surface area contributed by atoms with Gasteiger partial charge in [-0.1, -0.05) is 6.07 Å². The quantitative estimate of drug-likeness (QED) is 0.725. The summed E-state index contributed by atoms with van der Waals surface area (Å²) in [5, 5.41) is 12.8. The molecule has 0 spiro atoms. The molecule has 2 heterocycles. The molecule has 1 saturated heterocycles. The van der Waals surface area contributed by atoms with Gasteiger partial charge in [0.1, 0.15) is 5.82 Å². The Balaban J connectivity index is 2.10. The van der Waals surface area contributed by atoms with Crippen LogP contribution in [0.15, 0.2) is 18.3 Å². The highest BCUT2D eigenvalue weighted by Crippen LogP contribution is 2.18. The van der Waals surface area contributed by atoms with Gasteiger partial charge in [-0.2, -0.15) is 0 Å². The lowest BCUT2D eigenvalue weighted by atomic mass is 10.2. The van der Waals surface area contributed by atoms with Gasteiger partial charge in [-0.25, -0.2) is 4.98 Å². The molecule has 1 aromatic heterocycles. The van der Waals surface area contributed by atoms with Crippen molar-refractivity contribution in [2.75, 3.05) is 25.0 Å². The number of likely N-dealkylation sites (N-methyl/N-ethyl adjacent to an activating group) is 1. The Morgan fingerprint density at radius 3 is 2.80 bits per heavy atom. The Morgan fingerprint density at radius 2 is 2.27 bits per heavy atom. The third-order valence-electron chi connectivity index (χ3n) is 2.88. The lowest BCUT2D eigenvalue weighted by Gasteiger charge is -2.16. The summed E-state index contributed by atoms with van der Waals surface area (Å²) in [7, 11) is 1.87. The number of anilines is 1. The lowest BCUT2D eigenvalue weighted by molar-refractivity contribution is 0.168. The maximum absolute atomic E-state index is 9.74. The third kappa shape index (κ3) is 2.11. The number of hydrogen-bond acceptors (Lipinski definition) is 4. The Bertz CT molecular complexity index is 325. The number of β-amino-alcohol motifs (C(OH)–C–C–N with tert-alkyl or cyclic N) is 1. The molecule has 1 aliphatic rings. The SMILES string of the molecule is CNC1CN(c2ccc(C)cn2)CC1O. The Labute approximate surface area is 89.9 Å². The molecule has 2 atom stereocenters. The highest BCUT2D eigenvalue weighted by molar-refractivity contribution is 5.41. The number of aryl methyl sites for hydroxylation is 1. The zero-order chi connectivity index (χ0) is 10.8. The molecule has 4 nitrogen and oxygen atoms in total. The first-order chi connectivity index (χ1) is 7.20. The molecule has 0 radical (unpaired) electrons. The maximum atomic E-state index is 9.74. The summed E-state index contributed by atoms with van der Waals surface area (Å²) in [6.45, 7) is 3.49. The van der Waals surface area contributed by atoms with Crippen LogP contribution in [0.2, 0.25) is 0 Å². The molecular formula is C11H17N3O. The van der Waals surface area contributed by atoms with Crippen molar-refractivity contribution in [2.45, 2.75) is 19.1 Å². The van der Waals surface area contributed by atoms with Crippen LogP contribution in [0.4, 0.5) is 5.82 Å². The van der Waals surface area contributed by atoms with Crippen LogP contribution in [0.3, 0.4) is 0 Å². The minimum Gasteiger partial charge on any atom is -0.390 e. The molecule has 82 valence electrons.